The monoisotopic (exact) mass is 489 g/mol. The third-order valence-corrected chi connectivity index (χ3v) is 6.31. The number of sulfonamides is 1. The number of hydrogen-bond donors (Lipinski definition) is 2. The maximum Gasteiger partial charge on any atom is 0.331 e. The van der Waals surface area contributed by atoms with E-state index < -0.39 is 28.5 Å². The average Bonchev–Trinajstić information content (AvgIpc) is 3.05. The van der Waals surface area contributed by atoms with E-state index in [0.29, 0.717) is 23.8 Å². The quantitative estimate of drug-likeness (QED) is 0.453. The lowest BCUT2D eigenvalue weighted by Crippen LogP contribution is -2.30. The largest absolute Gasteiger partial charge is 0.452 e. The zero-order valence-corrected chi connectivity index (χ0v) is 19.4. The van der Waals surface area contributed by atoms with Gasteiger partial charge < -0.3 is 10.1 Å². The summed E-state index contributed by atoms with van der Waals surface area (Å²) in [5, 5.41) is 3.11. The molecule has 1 aliphatic rings. The molecule has 0 saturated heterocycles. The summed E-state index contributed by atoms with van der Waals surface area (Å²) in [4.78, 5) is 28.2. The van der Waals surface area contributed by atoms with Crippen LogP contribution in [0, 0.1) is 0 Å². The van der Waals surface area contributed by atoms with Crippen LogP contribution >= 0.6 is 11.6 Å². The Morgan fingerprint density at radius 1 is 1.09 bits per heavy atom. The normalized spacial score (nSPS) is 14.3. The van der Waals surface area contributed by atoms with Gasteiger partial charge in [-0.1, -0.05) is 36.2 Å². The second-order valence-corrected chi connectivity index (χ2v) is 9.43. The highest BCUT2D eigenvalue weighted by Crippen LogP contribution is 2.17. The van der Waals surface area contributed by atoms with E-state index in [1.165, 1.54) is 30.4 Å². The van der Waals surface area contributed by atoms with Crippen LogP contribution in [0.1, 0.15) is 31.2 Å². The van der Waals surface area contributed by atoms with Crippen LogP contribution in [-0.2, 0) is 24.3 Å². The maximum atomic E-state index is 12.7. The highest BCUT2D eigenvalue weighted by Gasteiger charge is 2.18. The topological polar surface area (TPSA) is 114 Å². The smallest absolute Gasteiger partial charge is 0.331 e. The van der Waals surface area contributed by atoms with Gasteiger partial charge in [0.15, 0.2) is 6.61 Å². The number of benzene rings is 2. The molecule has 33 heavy (non-hydrogen) atoms. The molecule has 10 heteroatoms. The summed E-state index contributed by atoms with van der Waals surface area (Å²) in [5.74, 6) is -0.843. The molecule has 0 atom stereocenters. The molecule has 2 aromatic rings. The second-order valence-electron chi connectivity index (χ2n) is 7.31. The number of amides is 1. The van der Waals surface area contributed by atoms with Crippen LogP contribution in [0.25, 0.3) is 6.08 Å². The predicted molar refractivity (Wildman–Crippen MR) is 128 cm³/mol. The molecule has 174 valence electrons. The van der Waals surface area contributed by atoms with Crippen molar-refractivity contribution in [1.29, 1.82) is 0 Å². The van der Waals surface area contributed by atoms with Gasteiger partial charge in [-0.15, -0.1) is 0 Å². The predicted octanol–water partition coefficient (Wildman–Crippen LogP) is 3.79. The third kappa shape index (κ3) is 8.03. The van der Waals surface area contributed by atoms with E-state index in [1.807, 2.05) is 0 Å². The molecule has 3 rings (SSSR count). The van der Waals surface area contributed by atoms with Gasteiger partial charge in [-0.3, -0.25) is 14.5 Å². The van der Waals surface area contributed by atoms with Crippen molar-refractivity contribution in [3.8, 4) is 0 Å². The molecule has 0 bridgehead atoms. The average molecular weight is 490 g/mol. The zero-order valence-electron chi connectivity index (χ0n) is 17.8. The van der Waals surface area contributed by atoms with Gasteiger partial charge in [0.2, 0.25) is 0 Å². The summed E-state index contributed by atoms with van der Waals surface area (Å²) >= 11 is 5.81. The summed E-state index contributed by atoms with van der Waals surface area (Å²) in [6.07, 6.45) is 6.15. The number of halogens is 1. The van der Waals surface area contributed by atoms with Crippen LogP contribution in [-0.4, -0.2) is 39.3 Å². The van der Waals surface area contributed by atoms with Crippen molar-refractivity contribution >= 4 is 51.1 Å². The number of amidine groups is 1. The lowest BCUT2D eigenvalue weighted by atomic mass is 10.2. The zero-order chi connectivity index (χ0) is 23.7. The van der Waals surface area contributed by atoms with Gasteiger partial charge in [0, 0.05) is 29.8 Å². The van der Waals surface area contributed by atoms with Crippen LogP contribution < -0.4 is 10.0 Å². The first-order chi connectivity index (χ1) is 15.8. The number of carbonyl (C=O) groups excluding carboxylic acids is 2. The summed E-state index contributed by atoms with van der Waals surface area (Å²) in [6, 6.07) is 12.7. The Bertz CT molecular complexity index is 1160. The van der Waals surface area contributed by atoms with Gasteiger partial charge >= 0.3 is 5.97 Å². The molecular formula is C23H24ClN3O5S. The minimum absolute atomic E-state index is 0.00450. The van der Waals surface area contributed by atoms with Crippen molar-refractivity contribution in [2.45, 2.75) is 30.6 Å². The third-order valence-electron chi connectivity index (χ3n) is 4.68. The molecule has 1 heterocycles. The van der Waals surface area contributed by atoms with Crippen molar-refractivity contribution in [1.82, 2.24) is 4.72 Å². The van der Waals surface area contributed by atoms with E-state index in [-0.39, 0.29) is 10.6 Å². The number of nitrogens with zero attached hydrogens (tertiary/aromatic N) is 1. The molecule has 1 aliphatic heterocycles. The number of anilines is 1. The number of ether oxygens (including phenoxy) is 1. The Balaban J connectivity index is 1.53. The number of esters is 1. The Morgan fingerprint density at radius 2 is 1.88 bits per heavy atom. The fourth-order valence-corrected chi connectivity index (χ4v) is 4.29. The van der Waals surface area contributed by atoms with Crippen molar-refractivity contribution in [3.63, 3.8) is 0 Å². The fraction of sp³-hybridized carbons (Fsp3) is 0.261. The summed E-state index contributed by atoms with van der Waals surface area (Å²) < 4.78 is 32.8. The van der Waals surface area contributed by atoms with E-state index in [1.54, 1.807) is 30.3 Å². The number of carbonyl (C=O) groups is 2. The molecule has 2 N–H and O–H groups in total. The van der Waals surface area contributed by atoms with Crippen LogP contribution in [0.2, 0.25) is 5.02 Å². The van der Waals surface area contributed by atoms with E-state index in [9.17, 15) is 18.0 Å². The molecule has 0 unspecified atom stereocenters. The Labute approximate surface area is 197 Å². The first-order valence-corrected chi connectivity index (χ1v) is 12.2. The van der Waals surface area contributed by atoms with Crippen molar-refractivity contribution in [3.05, 3.63) is 65.2 Å². The molecule has 0 saturated carbocycles. The number of rotatable bonds is 7. The molecule has 8 nitrogen and oxygen atoms in total. The first-order valence-electron chi connectivity index (χ1n) is 10.4. The van der Waals surface area contributed by atoms with Crippen molar-refractivity contribution in [2.75, 3.05) is 18.5 Å². The van der Waals surface area contributed by atoms with Gasteiger partial charge in [-0.2, -0.15) is 0 Å². The summed E-state index contributed by atoms with van der Waals surface area (Å²) in [5.41, 5.74) is 1.01. The van der Waals surface area contributed by atoms with Crippen LogP contribution in [0.15, 0.2) is 64.5 Å². The number of hydrogen-bond acceptors (Lipinski definition) is 6. The lowest BCUT2D eigenvalue weighted by molar-refractivity contribution is -0.142. The molecule has 0 aromatic heterocycles. The van der Waals surface area contributed by atoms with Gasteiger partial charge in [0.1, 0.15) is 5.84 Å². The maximum absolute atomic E-state index is 12.7. The summed E-state index contributed by atoms with van der Waals surface area (Å²) in [6.45, 7) is 0.0807. The van der Waals surface area contributed by atoms with E-state index in [2.05, 4.69) is 15.0 Å². The lowest BCUT2D eigenvalue weighted by Gasteiger charge is -2.11. The molecule has 2 aromatic carbocycles. The van der Waals surface area contributed by atoms with Crippen LogP contribution in [0.3, 0.4) is 0 Å². The van der Waals surface area contributed by atoms with Gasteiger partial charge in [-0.25, -0.2) is 13.2 Å². The minimum Gasteiger partial charge on any atom is -0.452 e. The molecule has 0 aliphatic carbocycles. The van der Waals surface area contributed by atoms with Gasteiger partial charge in [-0.05, 0) is 54.8 Å². The highest BCUT2D eigenvalue weighted by molar-refractivity contribution is 7.90. The summed E-state index contributed by atoms with van der Waals surface area (Å²) in [7, 11) is -3.83. The van der Waals surface area contributed by atoms with Crippen LogP contribution in [0.5, 0.6) is 0 Å². The van der Waals surface area contributed by atoms with Gasteiger partial charge in [0.05, 0.1) is 4.90 Å². The minimum atomic E-state index is -3.83. The molecule has 0 radical (unpaired) electrons. The van der Waals surface area contributed by atoms with E-state index in [4.69, 9.17) is 16.3 Å². The van der Waals surface area contributed by atoms with E-state index in [0.717, 1.165) is 24.8 Å². The SMILES string of the molecule is O=C(COC(=O)/C=C/c1ccc(Cl)cc1)Nc1cccc(S(=O)(=O)NC2=NCCCCC2)c1. The second kappa shape index (κ2) is 11.6. The Morgan fingerprint density at radius 3 is 2.67 bits per heavy atom. The first kappa shape index (κ1) is 24.5. The molecular weight excluding hydrogens is 466 g/mol. The number of nitrogens with one attached hydrogen (secondary N) is 2. The Kier molecular flexibility index (Phi) is 8.62. The Hall–Kier alpha value is -3.17. The van der Waals surface area contributed by atoms with Gasteiger partial charge in [0.25, 0.3) is 15.9 Å². The fourth-order valence-electron chi connectivity index (χ4n) is 3.03. The molecule has 0 spiro atoms. The van der Waals surface area contributed by atoms with E-state index >= 15 is 0 Å². The highest BCUT2D eigenvalue weighted by atomic mass is 35.5. The molecule has 1 amide bonds. The number of aliphatic imine (C=N–C) groups is 1. The van der Waals surface area contributed by atoms with Crippen molar-refractivity contribution < 1.29 is 22.7 Å². The van der Waals surface area contributed by atoms with Crippen LogP contribution in [0.4, 0.5) is 5.69 Å². The van der Waals surface area contributed by atoms with Crippen molar-refractivity contribution in [2.24, 2.45) is 4.99 Å². The molecule has 0 fully saturated rings. The standard InChI is InChI=1S/C23H24ClN3O5S/c24-18-11-8-17(9-12-18)10-13-23(29)32-16-22(28)26-19-5-4-6-20(15-19)33(30,31)27-21-7-2-1-3-14-25-21/h4-6,8-13,15H,1-3,7,14,16H2,(H,25,27)(H,26,28)/b13-10+.